The molecule has 11 heteroatoms. The quantitative estimate of drug-likeness (QED) is 0.401. The van der Waals surface area contributed by atoms with Gasteiger partial charge in [-0.3, -0.25) is 19.2 Å². The number of allylic oxidation sites excluding steroid dienone is 2. The van der Waals surface area contributed by atoms with Crippen molar-refractivity contribution in [1.82, 2.24) is 4.90 Å². The van der Waals surface area contributed by atoms with Gasteiger partial charge in [-0.25, -0.2) is 9.69 Å². The molecule has 2 aromatic rings. The molecule has 6 unspecified atom stereocenters. The molecule has 2 aliphatic heterocycles. The number of likely N-dealkylation sites (tertiary alicyclic amines) is 1. The summed E-state index contributed by atoms with van der Waals surface area (Å²) in [7, 11) is 1.41. The van der Waals surface area contributed by atoms with E-state index in [0.717, 1.165) is 0 Å². The number of nitrogens with two attached hydrogens (primary N) is 1. The highest BCUT2D eigenvalue weighted by Gasteiger charge is 2.68. The lowest BCUT2D eigenvalue weighted by molar-refractivity contribution is -0.136. The van der Waals surface area contributed by atoms with Gasteiger partial charge in [-0.1, -0.05) is 45.8 Å². The number of carbonyl (C=O) groups is 5. The molecule has 6 amide bonds. The Hall–Kier alpha value is -3.99. The van der Waals surface area contributed by atoms with E-state index in [1.807, 2.05) is 6.08 Å². The topological polar surface area (TPSA) is 147 Å². The molecule has 4 aliphatic rings. The van der Waals surface area contributed by atoms with Gasteiger partial charge in [0, 0.05) is 16.0 Å². The zero-order chi connectivity index (χ0) is 28.7. The highest BCUT2D eigenvalue weighted by Crippen LogP contribution is 2.65. The van der Waals surface area contributed by atoms with E-state index in [9.17, 15) is 29.1 Å². The number of nitrogens with zero attached hydrogens (tertiary/aromatic N) is 2. The first-order valence-electron chi connectivity index (χ1n) is 12.9. The third kappa shape index (κ3) is 3.36. The number of hydrogen-bond donors (Lipinski definition) is 2. The zero-order valence-corrected chi connectivity index (χ0v) is 23.3. The summed E-state index contributed by atoms with van der Waals surface area (Å²) in [5.74, 6) is -6.29. The Balaban J connectivity index is 1.57. The van der Waals surface area contributed by atoms with Crippen LogP contribution in [0.4, 0.5) is 10.5 Å². The first-order valence-corrected chi connectivity index (χ1v) is 13.7. The molecule has 2 saturated heterocycles. The fraction of sp³-hybridized carbons (Fsp3) is 0.345. The normalized spacial score (nSPS) is 31.1. The van der Waals surface area contributed by atoms with E-state index in [2.05, 4.69) is 15.9 Å². The number of phenolic OH excluding ortho intramolecular Hbond substituents is 1. The van der Waals surface area contributed by atoms with Gasteiger partial charge in [0.1, 0.15) is 0 Å². The molecule has 2 aliphatic carbocycles. The first-order chi connectivity index (χ1) is 19.0. The molecule has 3 N–H and O–H groups in total. The van der Waals surface area contributed by atoms with Crippen molar-refractivity contribution in [2.75, 3.05) is 12.0 Å². The second kappa shape index (κ2) is 9.02. The Bertz CT molecular complexity index is 1540. The number of benzene rings is 2. The molecule has 0 aromatic heterocycles. The molecule has 1 saturated carbocycles. The molecule has 40 heavy (non-hydrogen) atoms. The summed E-state index contributed by atoms with van der Waals surface area (Å²) in [5, 5.41) is 11.3. The lowest BCUT2D eigenvalue weighted by Crippen LogP contribution is -2.49. The molecule has 6 atom stereocenters. The highest BCUT2D eigenvalue weighted by atomic mass is 79.9. The van der Waals surface area contributed by atoms with Gasteiger partial charge < -0.3 is 15.6 Å². The number of methoxy groups -OCH3 is 1. The number of hydrogen-bond acceptors (Lipinski definition) is 7. The largest absolute Gasteiger partial charge is 0.504 e. The van der Waals surface area contributed by atoms with Gasteiger partial charge in [0.25, 0.3) is 0 Å². The maximum Gasteiger partial charge on any atom is 0.328 e. The Morgan fingerprint density at radius 3 is 2.42 bits per heavy atom. The summed E-state index contributed by atoms with van der Waals surface area (Å²) in [6, 6.07) is 10.7. The lowest BCUT2D eigenvalue weighted by atomic mass is 9.51. The van der Waals surface area contributed by atoms with Crippen molar-refractivity contribution < 1.29 is 33.8 Å². The van der Waals surface area contributed by atoms with E-state index in [4.69, 9.17) is 10.5 Å². The number of carbonyl (C=O) groups excluding carboxylic acids is 5. The van der Waals surface area contributed by atoms with Crippen LogP contribution in [0.3, 0.4) is 0 Å². The number of anilines is 1. The minimum absolute atomic E-state index is 0.116. The second-order valence-electron chi connectivity index (χ2n) is 10.9. The molecule has 6 rings (SSSR count). The Kier molecular flexibility index (Phi) is 5.92. The van der Waals surface area contributed by atoms with Crippen molar-refractivity contribution in [3.63, 3.8) is 0 Å². The van der Waals surface area contributed by atoms with Gasteiger partial charge in [-0.2, -0.15) is 4.90 Å². The zero-order valence-electron chi connectivity index (χ0n) is 21.7. The number of para-hydroxylation sites is 1. The van der Waals surface area contributed by atoms with Crippen LogP contribution in [0.1, 0.15) is 31.2 Å². The van der Waals surface area contributed by atoms with E-state index in [1.54, 1.807) is 49.4 Å². The lowest BCUT2D eigenvalue weighted by Gasteiger charge is -2.49. The van der Waals surface area contributed by atoms with Crippen LogP contribution in [0.25, 0.3) is 0 Å². The van der Waals surface area contributed by atoms with Crippen LogP contribution in [-0.4, -0.2) is 46.8 Å². The predicted molar refractivity (Wildman–Crippen MR) is 145 cm³/mol. The van der Waals surface area contributed by atoms with E-state index >= 15 is 0 Å². The van der Waals surface area contributed by atoms with Crippen LogP contribution in [0.2, 0.25) is 0 Å². The second-order valence-corrected chi connectivity index (χ2v) is 11.8. The number of fused-ring (bicyclic) bond motifs is 4. The van der Waals surface area contributed by atoms with Gasteiger partial charge in [-0.05, 0) is 49.9 Å². The SMILES string of the molecule is COc1cc(Br)cc(C2C3=CCC4C(=O)N(C(N)=O)C(=O)C4C3CC3C(=O)N(c4ccccc4)C(=O)C32C)c1O. The summed E-state index contributed by atoms with van der Waals surface area (Å²) in [5.41, 5.74) is 5.50. The van der Waals surface area contributed by atoms with Gasteiger partial charge in [0.15, 0.2) is 11.5 Å². The number of amides is 6. The van der Waals surface area contributed by atoms with Crippen molar-refractivity contribution in [2.45, 2.75) is 25.7 Å². The average Bonchev–Trinajstić information content (AvgIpc) is 3.30. The molecule has 3 fully saturated rings. The number of primary amides is 1. The van der Waals surface area contributed by atoms with Crippen molar-refractivity contribution in [3.8, 4) is 11.5 Å². The molecule has 10 nitrogen and oxygen atoms in total. The van der Waals surface area contributed by atoms with Crippen LogP contribution in [-0.2, 0) is 19.2 Å². The first kappa shape index (κ1) is 26.2. The summed E-state index contributed by atoms with van der Waals surface area (Å²) in [6.45, 7) is 1.72. The number of ether oxygens (including phenoxy) is 1. The van der Waals surface area contributed by atoms with Gasteiger partial charge >= 0.3 is 6.03 Å². The highest BCUT2D eigenvalue weighted by molar-refractivity contribution is 9.10. The van der Waals surface area contributed by atoms with Gasteiger partial charge in [-0.15, -0.1) is 0 Å². The molecule has 206 valence electrons. The number of urea groups is 1. The van der Waals surface area contributed by atoms with Crippen molar-refractivity contribution in [1.29, 1.82) is 0 Å². The fourth-order valence-electron chi connectivity index (χ4n) is 7.37. The minimum atomic E-state index is -1.33. The average molecular weight is 608 g/mol. The predicted octanol–water partition coefficient (Wildman–Crippen LogP) is 3.47. The Morgan fingerprint density at radius 1 is 1.07 bits per heavy atom. The molecular weight excluding hydrogens is 582 g/mol. The standard InChI is InChI=1S/C29H26BrN3O7/c1-29-19(25(36)32(27(29)38)14-6-4-3-5-7-14)12-17-15(22(29)18-10-13(30)11-20(40-2)23(18)34)8-9-16-21(17)26(37)33(24(16)35)28(31)39/h3-8,10-11,16-17,19,21-22,34H,9,12H2,1-2H3,(H2,31,39). The maximum absolute atomic E-state index is 14.3. The molecule has 2 heterocycles. The maximum atomic E-state index is 14.3. The van der Waals surface area contributed by atoms with Crippen LogP contribution >= 0.6 is 15.9 Å². The number of aromatic hydroxyl groups is 1. The molecule has 2 aromatic carbocycles. The van der Waals surface area contributed by atoms with E-state index in [1.165, 1.54) is 12.0 Å². The van der Waals surface area contributed by atoms with Crippen molar-refractivity contribution in [2.24, 2.45) is 34.8 Å². The minimum Gasteiger partial charge on any atom is -0.504 e. The third-order valence-electron chi connectivity index (χ3n) is 9.11. The Morgan fingerprint density at radius 2 is 1.77 bits per heavy atom. The monoisotopic (exact) mass is 607 g/mol. The van der Waals surface area contributed by atoms with E-state index in [0.29, 0.717) is 26.2 Å². The third-order valence-corrected chi connectivity index (χ3v) is 9.57. The van der Waals surface area contributed by atoms with Crippen LogP contribution in [0.5, 0.6) is 11.5 Å². The van der Waals surface area contributed by atoms with Crippen molar-refractivity contribution >= 4 is 51.3 Å². The molecule has 0 radical (unpaired) electrons. The van der Waals surface area contributed by atoms with Crippen molar-refractivity contribution in [3.05, 3.63) is 64.1 Å². The number of halogens is 1. The summed E-state index contributed by atoms with van der Waals surface area (Å²) in [4.78, 5) is 68.5. The summed E-state index contributed by atoms with van der Waals surface area (Å²) >= 11 is 3.47. The number of rotatable bonds is 3. The van der Waals surface area contributed by atoms with Crippen LogP contribution in [0.15, 0.2) is 58.6 Å². The van der Waals surface area contributed by atoms with Gasteiger partial charge in [0.05, 0.1) is 36.0 Å². The summed E-state index contributed by atoms with van der Waals surface area (Å²) in [6.07, 6.45) is 2.09. The molecule has 0 bridgehead atoms. The summed E-state index contributed by atoms with van der Waals surface area (Å²) < 4.78 is 5.98. The number of imide groups is 4. The van der Waals surface area contributed by atoms with E-state index in [-0.39, 0.29) is 24.3 Å². The smallest absolute Gasteiger partial charge is 0.328 e. The van der Waals surface area contributed by atoms with Crippen LogP contribution in [0, 0.1) is 29.1 Å². The van der Waals surface area contributed by atoms with Crippen LogP contribution < -0.4 is 15.4 Å². The van der Waals surface area contributed by atoms with Gasteiger partial charge in [0.2, 0.25) is 23.6 Å². The molecular formula is C29H26BrN3O7. The fourth-order valence-corrected chi connectivity index (χ4v) is 7.82. The number of phenols is 1. The molecule has 0 spiro atoms. The Labute approximate surface area is 237 Å². The van der Waals surface area contributed by atoms with E-state index < -0.39 is 64.7 Å².